The molecule has 1 saturated carbocycles. The first kappa shape index (κ1) is 18.3. The molecule has 0 bridgehead atoms. The molecule has 136 valence electrons. The Morgan fingerprint density at radius 1 is 1.48 bits per heavy atom. The van der Waals surface area contributed by atoms with Crippen molar-refractivity contribution in [1.29, 1.82) is 0 Å². The molecule has 1 aromatic rings. The molecule has 2 aliphatic rings. The maximum absolute atomic E-state index is 13.4. The zero-order valence-electron chi connectivity index (χ0n) is 14.0. The standard InChI is InChI=1S/C17H19Cl2FN2O3/c1-21(15(24)16(10-20)9-17(16,18)19)13-6-7-22(14(13)23)11-4-3-5-12(8-11)25-2/h3-5,8,13H,6-7,9-10H2,1-2H3. The van der Waals surface area contributed by atoms with Crippen LogP contribution in [0.5, 0.6) is 5.75 Å². The molecule has 25 heavy (non-hydrogen) atoms. The van der Waals surface area contributed by atoms with Gasteiger partial charge in [0.15, 0.2) is 0 Å². The number of hydrogen-bond acceptors (Lipinski definition) is 3. The van der Waals surface area contributed by atoms with Gasteiger partial charge in [0, 0.05) is 31.8 Å². The summed E-state index contributed by atoms with van der Waals surface area (Å²) < 4.78 is 17.2. The number of hydrogen-bond donors (Lipinski definition) is 0. The van der Waals surface area contributed by atoms with Gasteiger partial charge in [0.25, 0.3) is 0 Å². The molecule has 0 spiro atoms. The molecule has 1 aromatic carbocycles. The maximum Gasteiger partial charge on any atom is 0.249 e. The van der Waals surface area contributed by atoms with Crippen LogP contribution in [-0.4, -0.2) is 54.5 Å². The highest BCUT2D eigenvalue weighted by molar-refractivity contribution is 6.53. The Labute approximate surface area is 155 Å². The van der Waals surface area contributed by atoms with Crippen molar-refractivity contribution in [2.75, 3.05) is 32.3 Å². The summed E-state index contributed by atoms with van der Waals surface area (Å²) in [6.07, 6.45) is 0.515. The lowest BCUT2D eigenvalue weighted by molar-refractivity contribution is -0.142. The third kappa shape index (κ3) is 2.85. The number of carbonyl (C=O) groups is 2. The van der Waals surface area contributed by atoms with Crippen LogP contribution in [0.2, 0.25) is 0 Å². The minimum atomic E-state index is -1.44. The molecule has 2 amide bonds. The fourth-order valence-corrected chi connectivity index (χ4v) is 4.03. The van der Waals surface area contributed by atoms with Crippen LogP contribution in [-0.2, 0) is 9.59 Å². The van der Waals surface area contributed by atoms with Gasteiger partial charge in [-0.1, -0.05) is 6.07 Å². The van der Waals surface area contributed by atoms with Gasteiger partial charge in [-0.15, -0.1) is 23.2 Å². The van der Waals surface area contributed by atoms with E-state index < -0.39 is 28.4 Å². The first-order chi connectivity index (χ1) is 11.8. The van der Waals surface area contributed by atoms with E-state index in [1.54, 1.807) is 36.3 Å². The van der Waals surface area contributed by atoms with Crippen LogP contribution >= 0.6 is 23.2 Å². The second kappa shape index (κ2) is 6.32. The minimum absolute atomic E-state index is 0.0588. The Balaban J connectivity index is 1.76. The number of carbonyl (C=O) groups excluding carboxylic acids is 2. The van der Waals surface area contributed by atoms with E-state index in [-0.39, 0.29) is 12.3 Å². The van der Waals surface area contributed by atoms with E-state index in [2.05, 4.69) is 0 Å². The van der Waals surface area contributed by atoms with Gasteiger partial charge in [0.1, 0.15) is 28.2 Å². The Kier molecular flexibility index (Phi) is 4.62. The summed E-state index contributed by atoms with van der Waals surface area (Å²) in [5.74, 6) is -0.0963. The van der Waals surface area contributed by atoms with E-state index in [4.69, 9.17) is 27.9 Å². The van der Waals surface area contributed by atoms with Crippen molar-refractivity contribution < 1.29 is 18.7 Å². The lowest BCUT2D eigenvalue weighted by Gasteiger charge is -2.28. The number of methoxy groups -OCH3 is 1. The summed E-state index contributed by atoms with van der Waals surface area (Å²) in [7, 11) is 3.05. The minimum Gasteiger partial charge on any atom is -0.497 e. The Morgan fingerprint density at radius 3 is 2.72 bits per heavy atom. The van der Waals surface area contributed by atoms with Crippen molar-refractivity contribution in [2.45, 2.75) is 23.2 Å². The fourth-order valence-electron chi connectivity index (χ4n) is 3.31. The molecule has 5 nitrogen and oxygen atoms in total. The molecule has 0 N–H and O–H groups in total. The van der Waals surface area contributed by atoms with Gasteiger partial charge in [0.05, 0.1) is 7.11 Å². The molecule has 1 aliphatic carbocycles. The molecule has 1 aliphatic heterocycles. The van der Waals surface area contributed by atoms with E-state index in [0.29, 0.717) is 24.4 Å². The summed E-state index contributed by atoms with van der Waals surface area (Å²) in [5, 5.41) is 0. The second-order valence-electron chi connectivity index (χ2n) is 6.51. The van der Waals surface area contributed by atoms with E-state index in [1.165, 1.54) is 11.9 Å². The summed E-state index contributed by atoms with van der Waals surface area (Å²) in [4.78, 5) is 28.3. The predicted octanol–water partition coefficient (Wildman–Crippen LogP) is 2.79. The van der Waals surface area contributed by atoms with Gasteiger partial charge in [-0.25, -0.2) is 4.39 Å². The largest absolute Gasteiger partial charge is 0.497 e. The third-order valence-corrected chi connectivity index (χ3v) is 6.06. The van der Waals surface area contributed by atoms with Crippen LogP contribution in [0, 0.1) is 5.41 Å². The molecule has 1 heterocycles. The lowest BCUT2D eigenvalue weighted by atomic mass is 10.1. The first-order valence-electron chi connectivity index (χ1n) is 7.94. The number of nitrogens with zero attached hydrogens (tertiary/aromatic N) is 2. The fraction of sp³-hybridized carbons (Fsp3) is 0.529. The SMILES string of the molecule is COc1cccc(N2CCC(N(C)C(=O)C3(CF)CC3(Cl)Cl)C2=O)c1. The Morgan fingerprint density at radius 2 is 2.16 bits per heavy atom. The van der Waals surface area contributed by atoms with Crippen LogP contribution in [0.4, 0.5) is 10.1 Å². The Bertz CT molecular complexity index is 715. The maximum atomic E-state index is 13.4. The highest BCUT2D eigenvalue weighted by Gasteiger charge is 2.72. The molecule has 1 saturated heterocycles. The normalized spacial score (nSPS) is 27.3. The number of benzene rings is 1. The second-order valence-corrected chi connectivity index (χ2v) is 7.99. The van der Waals surface area contributed by atoms with E-state index >= 15 is 0 Å². The average molecular weight is 389 g/mol. The van der Waals surface area contributed by atoms with Crippen LogP contribution < -0.4 is 9.64 Å². The number of likely N-dealkylation sites (N-methyl/N-ethyl adjacent to an activating group) is 1. The molecular weight excluding hydrogens is 370 g/mol. The molecule has 2 fully saturated rings. The van der Waals surface area contributed by atoms with Gasteiger partial charge in [-0.05, 0) is 18.6 Å². The number of anilines is 1. The van der Waals surface area contributed by atoms with E-state index in [1.807, 2.05) is 0 Å². The predicted molar refractivity (Wildman–Crippen MR) is 94.0 cm³/mol. The van der Waals surface area contributed by atoms with Crippen LogP contribution in [0.1, 0.15) is 12.8 Å². The zero-order chi connectivity index (χ0) is 18.4. The van der Waals surface area contributed by atoms with Gasteiger partial charge >= 0.3 is 0 Å². The number of amides is 2. The van der Waals surface area contributed by atoms with Gasteiger partial charge in [0.2, 0.25) is 11.8 Å². The Hall–Kier alpha value is -1.53. The average Bonchev–Trinajstić information content (AvgIpc) is 2.98. The molecule has 0 radical (unpaired) electrons. The van der Waals surface area contributed by atoms with Crippen molar-refractivity contribution in [2.24, 2.45) is 5.41 Å². The number of alkyl halides is 3. The van der Waals surface area contributed by atoms with Crippen LogP contribution in [0.3, 0.4) is 0 Å². The molecule has 3 rings (SSSR count). The molecular formula is C17H19Cl2FN2O3. The monoisotopic (exact) mass is 388 g/mol. The van der Waals surface area contributed by atoms with E-state index in [9.17, 15) is 14.0 Å². The van der Waals surface area contributed by atoms with Crippen LogP contribution in [0.15, 0.2) is 24.3 Å². The topological polar surface area (TPSA) is 49.9 Å². The quantitative estimate of drug-likeness (QED) is 0.728. The van der Waals surface area contributed by atoms with Crippen molar-refractivity contribution >= 4 is 40.7 Å². The van der Waals surface area contributed by atoms with Gasteiger partial charge < -0.3 is 14.5 Å². The molecule has 2 atom stereocenters. The zero-order valence-corrected chi connectivity index (χ0v) is 15.5. The first-order valence-corrected chi connectivity index (χ1v) is 8.69. The van der Waals surface area contributed by atoms with E-state index in [0.717, 1.165) is 0 Å². The highest BCUT2D eigenvalue weighted by atomic mass is 35.5. The summed E-state index contributed by atoms with van der Waals surface area (Å²) in [6.45, 7) is -0.479. The number of ether oxygens (including phenoxy) is 1. The summed E-state index contributed by atoms with van der Waals surface area (Å²) in [5.41, 5.74) is -0.738. The smallest absolute Gasteiger partial charge is 0.249 e. The third-order valence-electron chi connectivity index (χ3n) is 5.07. The van der Waals surface area contributed by atoms with Crippen molar-refractivity contribution in [1.82, 2.24) is 4.90 Å². The van der Waals surface area contributed by atoms with Gasteiger partial charge in [-0.2, -0.15) is 0 Å². The molecule has 0 aromatic heterocycles. The molecule has 8 heteroatoms. The van der Waals surface area contributed by atoms with Crippen molar-refractivity contribution in [3.8, 4) is 5.75 Å². The van der Waals surface area contributed by atoms with Crippen molar-refractivity contribution in [3.05, 3.63) is 24.3 Å². The van der Waals surface area contributed by atoms with Crippen molar-refractivity contribution in [3.63, 3.8) is 0 Å². The highest BCUT2D eigenvalue weighted by Crippen LogP contribution is 2.65. The number of halogens is 3. The summed E-state index contributed by atoms with van der Waals surface area (Å²) in [6, 6.07) is 6.48. The lowest BCUT2D eigenvalue weighted by Crippen LogP contribution is -2.47. The van der Waals surface area contributed by atoms with Gasteiger partial charge in [-0.3, -0.25) is 9.59 Å². The summed E-state index contributed by atoms with van der Waals surface area (Å²) >= 11 is 11.9. The molecule has 2 unspecified atom stereocenters. The van der Waals surface area contributed by atoms with Crippen LogP contribution in [0.25, 0.3) is 0 Å². The number of rotatable bonds is 5.